The van der Waals surface area contributed by atoms with E-state index >= 15 is 0 Å². The van der Waals surface area contributed by atoms with Gasteiger partial charge in [-0.1, -0.05) is 11.6 Å². The van der Waals surface area contributed by atoms with Crippen LogP contribution in [0.1, 0.15) is 41.6 Å². The van der Waals surface area contributed by atoms with Gasteiger partial charge in [-0.05, 0) is 50.3 Å². The maximum absolute atomic E-state index is 13.5. The third-order valence-corrected chi connectivity index (χ3v) is 3.91. The molecule has 1 amide bonds. The van der Waals surface area contributed by atoms with E-state index in [1.54, 1.807) is 6.92 Å². The largest absolute Gasteiger partial charge is 0.349 e. The van der Waals surface area contributed by atoms with Gasteiger partial charge in [0.05, 0.1) is 10.6 Å². The van der Waals surface area contributed by atoms with Gasteiger partial charge in [0.25, 0.3) is 5.91 Å². The summed E-state index contributed by atoms with van der Waals surface area (Å²) < 4.78 is 13.5. The number of hydrogen-bond acceptors (Lipinski definition) is 2. The van der Waals surface area contributed by atoms with Crippen molar-refractivity contribution in [1.82, 2.24) is 5.32 Å². The van der Waals surface area contributed by atoms with E-state index in [0.717, 1.165) is 25.7 Å². The van der Waals surface area contributed by atoms with Gasteiger partial charge in [0.2, 0.25) is 0 Å². The molecule has 1 saturated carbocycles. The van der Waals surface area contributed by atoms with Crippen LogP contribution >= 0.6 is 11.6 Å². The van der Waals surface area contributed by atoms with Crippen LogP contribution in [0, 0.1) is 12.7 Å². The van der Waals surface area contributed by atoms with Crippen molar-refractivity contribution in [2.75, 3.05) is 0 Å². The summed E-state index contributed by atoms with van der Waals surface area (Å²) in [5, 5.41) is 3.18. The molecule has 1 fully saturated rings. The number of carbonyl (C=O) groups excluding carboxylic acids is 1. The molecule has 1 aliphatic rings. The number of aryl methyl sites for hydroxylation is 1. The lowest BCUT2D eigenvalue weighted by Crippen LogP contribution is -2.40. The van der Waals surface area contributed by atoms with Gasteiger partial charge in [-0.2, -0.15) is 0 Å². The maximum atomic E-state index is 13.5. The molecule has 0 aromatic heterocycles. The molecule has 0 heterocycles. The number of rotatable bonds is 2. The first-order valence-electron chi connectivity index (χ1n) is 6.49. The van der Waals surface area contributed by atoms with Crippen LogP contribution in [0.3, 0.4) is 0 Å². The van der Waals surface area contributed by atoms with Crippen LogP contribution in [0.25, 0.3) is 0 Å². The Balaban J connectivity index is 2.06. The molecule has 104 valence electrons. The number of benzene rings is 1. The normalized spacial score (nSPS) is 23.2. The van der Waals surface area contributed by atoms with E-state index in [0.29, 0.717) is 5.56 Å². The topological polar surface area (TPSA) is 55.1 Å². The number of nitrogens with one attached hydrogen (secondary N) is 1. The molecule has 0 unspecified atom stereocenters. The number of halogens is 2. The standard InChI is InChI=1S/C14H18ClFN2O/c1-8-6-12(15)11(7-13(8)16)14(19)18-10-4-2-9(17)3-5-10/h6-7,9-10H,2-5,17H2,1H3,(H,18,19). The van der Waals surface area contributed by atoms with Gasteiger partial charge in [0.15, 0.2) is 0 Å². The lowest BCUT2D eigenvalue weighted by molar-refractivity contribution is 0.0925. The number of nitrogens with two attached hydrogens (primary N) is 1. The first-order chi connectivity index (χ1) is 8.97. The second-order valence-electron chi connectivity index (χ2n) is 5.17. The Kier molecular flexibility index (Phi) is 4.42. The molecule has 5 heteroatoms. The summed E-state index contributed by atoms with van der Waals surface area (Å²) in [6.45, 7) is 1.62. The Labute approximate surface area is 117 Å². The third-order valence-electron chi connectivity index (χ3n) is 3.60. The molecule has 0 saturated heterocycles. The molecule has 0 bridgehead atoms. The lowest BCUT2D eigenvalue weighted by atomic mass is 9.91. The minimum atomic E-state index is -0.416. The van der Waals surface area contributed by atoms with E-state index in [2.05, 4.69) is 5.32 Å². The Hall–Kier alpha value is -1.13. The first-order valence-corrected chi connectivity index (χ1v) is 6.87. The van der Waals surface area contributed by atoms with Gasteiger partial charge in [-0.15, -0.1) is 0 Å². The van der Waals surface area contributed by atoms with Gasteiger partial charge in [-0.3, -0.25) is 4.79 Å². The number of hydrogen-bond donors (Lipinski definition) is 2. The fourth-order valence-electron chi connectivity index (χ4n) is 2.35. The highest BCUT2D eigenvalue weighted by Gasteiger charge is 2.22. The zero-order valence-electron chi connectivity index (χ0n) is 10.9. The van der Waals surface area contributed by atoms with Crippen LogP contribution in [-0.4, -0.2) is 18.0 Å². The second-order valence-corrected chi connectivity index (χ2v) is 5.57. The van der Waals surface area contributed by atoms with Crippen molar-refractivity contribution < 1.29 is 9.18 Å². The van der Waals surface area contributed by atoms with E-state index in [9.17, 15) is 9.18 Å². The molecule has 1 aromatic carbocycles. The highest BCUT2D eigenvalue weighted by atomic mass is 35.5. The molecule has 3 N–H and O–H groups in total. The van der Waals surface area contributed by atoms with Crippen molar-refractivity contribution in [2.45, 2.75) is 44.7 Å². The molecular formula is C14H18ClFN2O. The Morgan fingerprint density at radius 1 is 1.37 bits per heavy atom. The number of amides is 1. The zero-order chi connectivity index (χ0) is 14.0. The molecule has 0 atom stereocenters. The van der Waals surface area contributed by atoms with E-state index in [1.165, 1.54) is 12.1 Å². The van der Waals surface area contributed by atoms with Crippen LogP contribution in [0.2, 0.25) is 5.02 Å². The fourth-order valence-corrected chi connectivity index (χ4v) is 2.65. The van der Waals surface area contributed by atoms with Gasteiger partial charge >= 0.3 is 0 Å². The summed E-state index contributed by atoms with van der Waals surface area (Å²) in [6.07, 6.45) is 3.53. The quantitative estimate of drug-likeness (QED) is 0.877. The molecular weight excluding hydrogens is 267 g/mol. The van der Waals surface area contributed by atoms with E-state index in [4.69, 9.17) is 17.3 Å². The summed E-state index contributed by atoms with van der Waals surface area (Å²) in [5.74, 6) is -0.732. The monoisotopic (exact) mass is 284 g/mol. The van der Waals surface area contributed by atoms with Crippen molar-refractivity contribution >= 4 is 17.5 Å². The lowest BCUT2D eigenvalue weighted by Gasteiger charge is -2.27. The smallest absolute Gasteiger partial charge is 0.253 e. The molecule has 3 nitrogen and oxygen atoms in total. The molecule has 0 spiro atoms. The summed E-state index contributed by atoms with van der Waals surface area (Å²) in [7, 11) is 0. The second kappa shape index (κ2) is 5.88. The number of carbonyl (C=O) groups is 1. The average Bonchev–Trinajstić information content (AvgIpc) is 2.36. The summed E-state index contributed by atoms with van der Waals surface area (Å²) in [4.78, 5) is 12.1. The van der Waals surface area contributed by atoms with Crippen molar-refractivity contribution in [1.29, 1.82) is 0 Å². The Bertz CT molecular complexity index is 485. The van der Waals surface area contributed by atoms with Crippen molar-refractivity contribution in [3.8, 4) is 0 Å². The first kappa shape index (κ1) is 14.3. The van der Waals surface area contributed by atoms with Crippen LogP contribution in [0.15, 0.2) is 12.1 Å². The summed E-state index contributed by atoms with van der Waals surface area (Å²) >= 11 is 5.99. The van der Waals surface area contributed by atoms with E-state index < -0.39 is 5.82 Å². The highest BCUT2D eigenvalue weighted by molar-refractivity contribution is 6.33. The van der Waals surface area contributed by atoms with E-state index in [-0.39, 0.29) is 28.6 Å². The maximum Gasteiger partial charge on any atom is 0.253 e. The van der Waals surface area contributed by atoms with Gasteiger partial charge in [0, 0.05) is 12.1 Å². The van der Waals surface area contributed by atoms with Crippen LogP contribution in [0.4, 0.5) is 4.39 Å². The fraction of sp³-hybridized carbons (Fsp3) is 0.500. The molecule has 0 radical (unpaired) electrons. The third kappa shape index (κ3) is 3.45. The highest BCUT2D eigenvalue weighted by Crippen LogP contribution is 2.22. The van der Waals surface area contributed by atoms with Gasteiger partial charge < -0.3 is 11.1 Å². The molecule has 1 aromatic rings. The average molecular weight is 285 g/mol. The predicted octanol–water partition coefficient (Wildman–Crippen LogP) is 2.79. The van der Waals surface area contributed by atoms with Gasteiger partial charge in [-0.25, -0.2) is 4.39 Å². The molecule has 19 heavy (non-hydrogen) atoms. The van der Waals surface area contributed by atoms with Crippen LogP contribution in [-0.2, 0) is 0 Å². The minimum Gasteiger partial charge on any atom is -0.349 e. The summed E-state index contributed by atoms with van der Waals surface area (Å²) in [6, 6.07) is 3.01. The molecule has 2 rings (SSSR count). The van der Waals surface area contributed by atoms with Crippen molar-refractivity contribution in [3.05, 3.63) is 34.1 Å². The van der Waals surface area contributed by atoms with Crippen LogP contribution in [0.5, 0.6) is 0 Å². The summed E-state index contributed by atoms with van der Waals surface area (Å²) in [5.41, 5.74) is 6.45. The van der Waals surface area contributed by atoms with Crippen molar-refractivity contribution in [3.63, 3.8) is 0 Å². The SMILES string of the molecule is Cc1cc(Cl)c(C(=O)NC2CCC(N)CC2)cc1F. The van der Waals surface area contributed by atoms with Gasteiger partial charge in [0.1, 0.15) is 5.82 Å². The zero-order valence-corrected chi connectivity index (χ0v) is 11.6. The minimum absolute atomic E-state index is 0.104. The molecule has 0 aliphatic heterocycles. The predicted molar refractivity (Wildman–Crippen MR) is 73.8 cm³/mol. The Morgan fingerprint density at radius 3 is 2.63 bits per heavy atom. The van der Waals surface area contributed by atoms with Crippen molar-refractivity contribution in [2.24, 2.45) is 5.73 Å². The van der Waals surface area contributed by atoms with E-state index in [1.807, 2.05) is 0 Å². The Morgan fingerprint density at radius 2 is 2.00 bits per heavy atom. The van der Waals surface area contributed by atoms with Crippen LogP contribution < -0.4 is 11.1 Å². The molecule has 1 aliphatic carbocycles.